The van der Waals surface area contributed by atoms with E-state index >= 15 is 0 Å². The van der Waals surface area contributed by atoms with Gasteiger partial charge in [0.15, 0.2) is 0 Å². The molecule has 66 heavy (non-hydrogen) atoms. The molecule has 17 heteroatoms. The molecular weight excluding hydrogens is 843 g/mol. The number of likely N-dealkylation sites (tertiary alicyclic amines) is 2. The Morgan fingerprint density at radius 3 is 1.58 bits per heavy atom. The number of carbonyl (C=O) groups is 4. The van der Waals surface area contributed by atoms with Crippen molar-refractivity contribution >= 4 is 51.8 Å². The minimum atomic E-state index is -1.28. The Balaban J connectivity index is 1.09. The lowest BCUT2D eigenvalue weighted by atomic mass is 9.87. The summed E-state index contributed by atoms with van der Waals surface area (Å²) in [7, 11) is 4.23. The van der Waals surface area contributed by atoms with Crippen molar-refractivity contribution in [1.82, 2.24) is 40.4 Å². The van der Waals surface area contributed by atoms with Crippen LogP contribution >= 0.6 is 0 Å². The highest BCUT2D eigenvalue weighted by molar-refractivity contribution is 5.88. The molecule has 0 bridgehead atoms. The molecule has 0 spiro atoms. The average Bonchev–Trinajstić information content (AvgIpc) is 4.16. The number of fused-ring (bicyclic) bond motifs is 2. The number of aromatic nitrogens is 4. The molecule has 8 atom stereocenters. The standard InChI is InChI=1S/C49H63N9O8/c1-27(64-6)41(54-47(61)62)45(59)56-23-9-11-39(56)43-50-33-19-13-29(25-35(33)52-43)37-21-22-38(58(37)32-17-15-31(16-18-32)49(3,4)5)30-14-20-34-36(26-30)53-44(51-34)40-12-10-24-57(40)46(60)42(28(2)65-7)55-48(63)66-8/h13-20,25-28,37-42,54H,9-12,21-24H2,1-8H3,(H,50,52)(H,51,53)(H,55,63)(H,61,62)/t27-,28-,37-,38-,39+,40+,41+,42+/m1/s1. The SMILES string of the molecule is COC(=O)N[C@H](C(=O)N1CCC[C@H]1c1nc2ccc([C@H]3CC[C@H](c4ccc5nc([C@@H]6CCCN6C(=O)[C@@H](NC(=O)O)[C@@H](C)OC)[nH]c5c4)N3c3ccc(C(C)(C)C)cc3)cc2[nH]1)[C@@H](C)OC. The summed E-state index contributed by atoms with van der Waals surface area (Å²) < 4.78 is 15.7. The van der Waals surface area contributed by atoms with Crippen LogP contribution in [0, 0.1) is 0 Å². The predicted octanol–water partition coefficient (Wildman–Crippen LogP) is 7.58. The summed E-state index contributed by atoms with van der Waals surface area (Å²) in [5.41, 5.74) is 7.99. The lowest BCUT2D eigenvalue weighted by Gasteiger charge is -2.34. The van der Waals surface area contributed by atoms with Gasteiger partial charge in [0.05, 0.1) is 65.6 Å². The van der Waals surface area contributed by atoms with Crippen molar-refractivity contribution in [1.29, 1.82) is 0 Å². The highest BCUT2D eigenvalue weighted by Crippen LogP contribution is 2.48. The lowest BCUT2D eigenvalue weighted by molar-refractivity contribution is -0.138. The normalized spacial score (nSPS) is 21.8. The number of amides is 4. The Bertz CT molecular complexity index is 2570. The molecule has 0 radical (unpaired) electrons. The summed E-state index contributed by atoms with van der Waals surface area (Å²) in [6.07, 6.45) is 1.56. The summed E-state index contributed by atoms with van der Waals surface area (Å²) >= 11 is 0. The number of hydrogen-bond acceptors (Lipinski definition) is 10. The number of alkyl carbamates (subject to hydrolysis) is 1. The quantitative estimate of drug-likeness (QED) is 0.0779. The van der Waals surface area contributed by atoms with E-state index in [-0.39, 0.29) is 41.4 Å². The maximum atomic E-state index is 14.0. The zero-order chi connectivity index (χ0) is 47.0. The Morgan fingerprint density at radius 1 is 0.682 bits per heavy atom. The van der Waals surface area contributed by atoms with Gasteiger partial charge in [-0.1, -0.05) is 45.0 Å². The van der Waals surface area contributed by atoms with E-state index in [1.165, 1.54) is 26.9 Å². The van der Waals surface area contributed by atoms with E-state index in [1.807, 2.05) is 6.07 Å². The number of rotatable bonds is 13. The monoisotopic (exact) mass is 905 g/mol. The Hall–Kier alpha value is -6.20. The van der Waals surface area contributed by atoms with E-state index in [0.717, 1.165) is 71.0 Å². The minimum Gasteiger partial charge on any atom is -0.465 e. The van der Waals surface area contributed by atoms with Crippen LogP contribution < -0.4 is 15.5 Å². The zero-order valence-electron chi connectivity index (χ0n) is 39.1. The minimum absolute atomic E-state index is 0.00933. The van der Waals surface area contributed by atoms with Gasteiger partial charge in [0.2, 0.25) is 11.8 Å². The number of imidazole rings is 2. The topological polar surface area (TPSA) is 207 Å². The number of hydrogen-bond donors (Lipinski definition) is 5. The maximum absolute atomic E-state index is 14.0. The first-order chi connectivity index (χ1) is 31.6. The number of ether oxygens (including phenoxy) is 3. The van der Waals surface area contributed by atoms with Crippen LogP contribution in [0.4, 0.5) is 15.3 Å². The lowest BCUT2D eigenvalue weighted by Crippen LogP contribution is -2.54. The Morgan fingerprint density at radius 2 is 1.15 bits per heavy atom. The van der Waals surface area contributed by atoms with E-state index < -0.39 is 36.5 Å². The summed E-state index contributed by atoms with van der Waals surface area (Å²) in [5, 5.41) is 14.5. The van der Waals surface area contributed by atoms with Crippen molar-refractivity contribution in [2.24, 2.45) is 0 Å². The van der Waals surface area contributed by atoms with Crippen LogP contribution in [0.15, 0.2) is 60.7 Å². The third kappa shape index (κ3) is 9.14. The van der Waals surface area contributed by atoms with Crippen LogP contribution in [0.1, 0.15) is 126 Å². The molecule has 3 fully saturated rings. The second-order valence-electron chi connectivity index (χ2n) is 18.9. The molecule has 5 N–H and O–H groups in total. The second kappa shape index (κ2) is 19.0. The molecular formula is C49H63N9O8. The Kier molecular flexibility index (Phi) is 13.3. The molecule has 17 nitrogen and oxygen atoms in total. The number of H-pyrrole nitrogens is 2. The van der Waals surface area contributed by atoms with Gasteiger partial charge in [0.1, 0.15) is 23.7 Å². The van der Waals surface area contributed by atoms with Gasteiger partial charge in [-0.25, -0.2) is 19.6 Å². The number of nitrogens with one attached hydrogen (secondary N) is 4. The second-order valence-corrected chi connectivity index (χ2v) is 18.9. The molecule has 3 aliphatic heterocycles. The number of nitrogens with zero attached hydrogens (tertiary/aromatic N) is 5. The fraction of sp³-hybridized carbons (Fsp3) is 0.510. The fourth-order valence-corrected chi connectivity index (χ4v) is 10.1. The summed E-state index contributed by atoms with van der Waals surface area (Å²) in [6, 6.07) is 19.1. The van der Waals surface area contributed by atoms with Gasteiger partial charge in [0, 0.05) is 33.0 Å². The first kappa shape index (κ1) is 46.3. The molecule has 3 aromatic carbocycles. The van der Waals surface area contributed by atoms with Crippen molar-refractivity contribution in [2.75, 3.05) is 39.3 Å². The van der Waals surface area contributed by atoms with Crippen LogP contribution in [-0.2, 0) is 29.2 Å². The first-order valence-corrected chi connectivity index (χ1v) is 23.0. The smallest absolute Gasteiger partial charge is 0.407 e. The summed E-state index contributed by atoms with van der Waals surface area (Å²) in [6.45, 7) is 11.1. The summed E-state index contributed by atoms with van der Waals surface area (Å²) in [4.78, 5) is 74.7. The molecule has 8 rings (SSSR count). The van der Waals surface area contributed by atoms with Crippen LogP contribution in [-0.4, -0.2) is 118 Å². The third-order valence-electron chi connectivity index (χ3n) is 13.9. The number of aromatic amines is 2. The van der Waals surface area contributed by atoms with Crippen molar-refractivity contribution < 1.29 is 38.5 Å². The molecule has 0 saturated carbocycles. The zero-order valence-corrected chi connectivity index (χ0v) is 39.1. The van der Waals surface area contributed by atoms with Gasteiger partial charge in [-0.2, -0.15) is 0 Å². The van der Waals surface area contributed by atoms with Gasteiger partial charge < -0.3 is 54.6 Å². The van der Waals surface area contributed by atoms with E-state index in [1.54, 1.807) is 23.6 Å². The van der Waals surface area contributed by atoms with Gasteiger partial charge in [-0.15, -0.1) is 0 Å². The molecule has 3 saturated heterocycles. The average molecular weight is 906 g/mol. The maximum Gasteiger partial charge on any atom is 0.407 e. The number of carbonyl (C=O) groups excluding carboxylic acids is 3. The van der Waals surface area contributed by atoms with Crippen LogP contribution in [0.3, 0.4) is 0 Å². The van der Waals surface area contributed by atoms with Crippen LogP contribution in [0.2, 0.25) is 0 Å². The van der Waals surface area contributed by atoms with Crippen LogP contribution in [0.25, 0.3) is 22.1 Å². The predicted molar refractivity (Wildman–Crippen MR) is 249 cm³/mol. The highest BCUT2D eigenvalue weighted by Gasteiger charge is 2.41. The molecule has 0 aliphatic carbocycles. The van der Waals surface area contributed by atoms with Gasteiger partial charge >= 0.3 is 12.2 Å². The molecule has 5 heterocycles. The number of benzene rings is 3. The van der Waals surface area contributed by atoms with E-state index in [9.17, 15) is 24.3 Å². The van der Waals surface area contributed by atoms with Crippen LogP contribution in [0.5, 0.6) is 0 Å². The van der Waals surface area contributed by atoms with Gasteiger partial charge in [-0.3, -0.25) is 9.59 Å². The fourth-order valence-electron chi connectivity index (χ4n) is 10.1. The number of anilines is 1. The van der Waals surface area contributed by atoms with Crippen molar-refractivity contribution in [2.45, 2.75) is 127 Å². The molecule has 4 amide bonds. The number of carboxylic acid groups (broad SMARTS) is 1. The van der Waals surface area contributed by atoms with Crippen molar-refractivity contribution in [3.8, 4) is 0 Å². The summed E-state index contributed by atoms with van der Waals surface area (Å²) in [5.74, 6) is 0.786. The van der Waals surface area contributed by atoms with Gasteiger partial charge in [0.25, 0.3) is 0 Å². The molecule has 352 valence electrons. The van der Waals surface area contributed by atoms with Crippen molar-refractivity contribution in [3.63, 3.8) is 0 Å². The molecule has 5 aromatic rings. The largest absolute Gasteiger partial charge is 0.465 e. The third-order valence-corrected chi connectivity index (χ3v) is 13.9. The number of methoxy groups -OCH3 is 3. The van der Waals surface area contributed by atoms with E-state index in [2.05, 4.69) is 101 Å². The highest BCUT2D eigenvalue weighted by atomic mass is 16.5. The molecule has 0 unspecified atom stereocenters. The van der Waals surface area contributed by atoms with Crippen molar-refractivity contribution in [3.05, 3.63) is 89.0 Å². The Labute approximate surface area is 384 Å². The van der Waals surface area contributed by atoms with E-state index in [0.29, 0.717) is 31.2 Å². The van der Waals surface area contributed by atoms with E-state index in [4.69, 9.17) is 24.2 Å². The van der Waals surface area contributed by atoms with Gasteiger partial charge in [-0.05, 0) is 111 Å². The first-order valence-electron chi connectivity index (χ1n) is 23.0. The molecule has 2 aromatic heterocycles. The molecule has 3 aliphatic rings.